The van der Waals surface area contributed by atoms with E-state index in [2.05, 4.69) is 15.0 Å². The number of nitrogens with zero attached hydrogens (tertiary/aromatic N) is 5. The van der Waals surface area contributed by atoms with Crippen molar-refractivity contribution >= 4 is 11.6 Å². The monoisotopic (exact) mass is 309 g/mol. The molecule has 1 aliphatic rings. The summed E-state index contributed by atoms with van der Waals surface area (Å²) < 4.78 is 5.68. The smallest absolute Gasteiger partial charge is 0.227 e. The number of carbonyl (C=O) groups is 1. The summed E-state index contributed by atoms with van der Waals surface area (Å²) in [7, 11) is 0. The molecule has 3 rings (SSSR count). The lowest BCUT2D eigenvalue weighted by Gasteiger charge is -2.17. The predicted octanol–water partition coefficient (Wildman–Crippen LogP) is 3.54. The van der Waals surface area contributed by atoms with Gasteiger partial charge in [-0.2, -0.15) is 0 Å². The highest BCUT2D eigenvalue weighted by molar-refractivity contribution is 5.95. The number of aromatic nitrogens is 1. The van der Waals surface area contributed by atoms with Gasteiger partial charge in [-0.05, 0) is 47.8 Å². The summed E-state index contributed by atoms with van der Waals surface area (Å²) in [4.78, 5) is 20.5. The van der Waals surface area contributed by atoms with Gasteiger partial charge in [-0.1, -0.05) is 5.11 Å². The number of carbonyl (C=O) groups excluding carboxylic acids is 1. The van der Waals surface area contributed by atoms with E-state index in [0.29, 0.717) is 31.0 Å². The van der Waals surface area contributed by atoms with Crippen molar-refractivity contribution in [1.29, 1.82) is 0 Å². The van der Waals surface area contributed by atoms with Gasteiger partial charge in [0, 0.05) is 36.3 Å². The summed E-state index contributed by atoms with van der Waals surface area (Å²) in [5.74, 6) is 1.46. The Morgan fingerprint density at radius 1 is 1.30 bits per heavy atom. The van der Waals surface area contributed by atoms with E-state index in [1.807, 2.05) is 30.3 Å². The van der Waals surface area contributed by atoms with Crippen LogP contribution < -0.4 is 9.64 Å². The van der Waals surface area contributed by atoms with Crippen LogP contribution in [0.25, 0.3) is 10.4 Å². The predicted molar refractivity (Wildman–Crippen MR) is 85.2 cm³/mol. The van der Waals surface area contributed by atoms with E-state index in [9.17, 15) is 4.79 Å². The van der Waals surface area contributed by atoms with Crippen molar-refractivity contribution in [2.24, 2.45) is 11.0 Å². The molecule has 1 amide bonds. The number of amides is 1. The van der Waals surface area contributed by atoms with Crippen molar-refractivity contribution < 1.29 is 9.53 Å². The molecule has 0 spiro atoms. The normalized spacial score (nSPS) is 17.0. The van der Waals surface area contributed by atoms with Gasteiger partial charge in [0.1, 0.15) is 11.5 Å². The van der Waals surface area contributed by atoms with Gasteiger partial charge in [-0.25, -0.2) is 0 Å². The molecule has 2 aromatic rings. The lowest BCUT2D eigenvalue weighted by atomic mass is 10.1. The summed E-state index contributed by atoms with van der Waals surface area (Å²) in [5, 5.41) is 3.55. The van der Waals surface area contributed by atoms with Crippen molar-refractivity contribution in [2.75, 3.05) is 18.0 Å². The zero-order valence-corrected chi connectivity index (χ0v) is 12.4. The fourth-order valence-corrected chi connectivity index (χ4v) is 2.54. The van der Waals surface area contributed by atoms with Crippen LogP contribution in [-0.4, -0.2) is 24.0 Å². The molecule has 1 aromatic carbocycles. The second kappa shape index (κ2) is 6.81. The minimum absolute atomic E-state index is 0.0454. The number of anilines is 1. The first-order chi connectivity index (χ1) is 11.3. The molecule has 0 N–H and O–H groups in total. The first-order valence-electron chi connectivity index (χ1n) is 7.25. The third kappa shape index (κ3) is 3.59. The molecule has 7 heteroatoms. The van der Waals surface area contributed by atoms with Crippen LogP contribution in [0.1, 0.15) is 6.42 Å². The van der Waals surface area contributed by atoms with Crippen LogP contribution in [-0.2, 0) is 4.79 Å². The average Bonchev–Trinajstić information content (AvgIpc) is 2.95. The van der Waals surface area contributed by atoms with Crippen LogP contribution in [0.3, 0.4) is 0 Å². The Labute approximate surface area is 133 Å². The third-order valence-corrected chi connectivity index (χ3v) is 3.63. The molecular weight excluding hydrogens is 294 g/mol. The largest absolute Gasteiger partial charge is 0.456 e. The molecular formula is C16H15N5O2. The lowest BCUT2D eigenvalue weighted by Crippen LogP contribution is -2.24. The highest BCUT2D eigenvalue weighted by Gasteiger charge is 2.29. The maximum Gasteiger partial charge on any atom is 0.227 e. The molecule has 7 nitrogen and oxygen atoms in total. The first kappa shape index (κ1) is 14.9. The average molecular weight is 309 g/mol. The Morgan fingerprint density at radius 2 is 2.13 bits per heavy atom. The molecule has 0 aliphatic carbocycles. The van der Waals surface area contributed by atoms with Crippen LogP contribution in [0, 0.1) is 5.92 Å². The minimum Gasteiger partial charge on any atom is -0.456 e. The minimum atomic E-state index is 0.0454. The molecule has 23 heavy (non-hydrogen) atoms. The molecule has 0 radical (unpaired) electrons. The summed E-state index contributed by atoms with van der Waals surface area (Å²) in [6, 6.07) is 11.0. The molecule has 1 fully saturated rings. The SMILES string of the molecule is [N-]=[N+]=NCC1CC(=O)N(c2ccc(Oc3cccnc3)cc2)C1. The molecule has 116 valence electrons. The van der Waals surface area contributed by atoms with Gasteiger partial charge in [-0.3, -0.25) is 9.78 Å². The van der Waals surface area contributed by atoms with Gasteiger partial charge in [0.2, 0.25) is 5.91 Å². The maximum atomic E-state index is 12.1. The summed E-state index contributed by atoms with van der Waals surface area (Å²) >= 11 is 0. The van der Waals surface area contributed by atoms with Gasteiger partial charge in [-0.15, -0.1) is 0 Å². The van der Waals surface area contributed by atoms with Gasteiger partial charge in [0.25, 0.3) is 0 Å². The molecule has 2 heterocycles. The zero-order valence-electron chi connectivity index (χ0n) is 12.4. The van der Waals surface area contributed by atoms with Gasteiger partial charge in [0.15, 0.2) is 0 Å². The van der Waals surface area contributed by atoms with Crippen LogP contribution in [0.4, 0.5) is 5.69 Å². The Hall–Kier alpha value is -3.05. The molecule has 1 atom stereocenters. The quantitative estimate of drug-likeness (QED) is 0.480. The zero-order chi connectivity index (χ0) is 16.1. The van der Waals surface area contributed by atoms with Gasteiger partial charge >= 0.3 is 0 Å². The van der Waals surface area contributed by atoms with Crippen molar-refractivity contribution in [3.05, 3.63) is 59.2 Å². The number of hydrogen-bond donors (Lipinski definition) is 0. The van der Waals surface area contributed by atoms with E-state index in [1.54, 1.807) is 23.4 Å². The molecule has 1 unspecified atom stereocenters. The number of pyridine rings is 1. The van der Waals surface area contributed by atoms with Crippen molar-refractivity contribution in [3.63, 3.8) is 0 Å². The van der Waals surface area contributed by atoms with E-state index in [4.69, 9.17) is 10.3 Å². The highest BCUT2D eigenvalue weighted by atomic mass is 16.5. The van der Waals surface area contributed by atoms with E-state index < -0.39 is 0 Å². The molecule has 0 saturated carbocycles. The first-order valence-corrected chi connectivity index (χ1v) is 7.25. The van der Waals surface area contributed by atoms with Crippen LogP contribution >= 0.6 is 0 Å². The lowest BCUT2D eigenvalue weighted by molar-refractivity contribution is -0.117. The molecule has 0 bridgehead atoms. The van der Waals surface area contributed by atoms with E-state index in [1.165, 1.54) is 0 Å². The number of ether oxygens (including phenoxy) is 1. The van der Waals surface area contributed by atoms with E-state index in [-0.39, 0.29) is 11.8 Å². The maximum absolute atomic E-state index is 12.1. The second-order valence-electron chi connectivity index (χ2n) is 5.27. The Kier molecular flexibility index (Phi) is 4.40. The summed E-state index contributed by atoms with van der Waals surface area (Å²) in [5.41, 5.74) is 9.19. The molecule has 1 saturated heterocycles. The molecule has 1 aromatic heterocycles. The standard InChI is InChI=1S/C16H15N5O2/c17-20-19-9-12-8-16(22)21(11-12)13-3-5-14(6-4-13)23-15-2-1-7-18-10-15/h1-7,10,12H,8-9,11H2. The summed E-state index contributed by atoms with van der Waals surface area (Å²) in [6.07, 6.45) is 3.73. The third-order valence-electron chi connectivity index (χ3n) is 3.63. The number of azide groups is 1. The fourth-order valence-electron chi connectivity index (χ4n) is 2.54. The topological polar surface area (TPSA) is 91.2 Å². The van der Waals surface area contributed by atoms with Crippen molar-refractivity contribution in [3.8, 4) is 11.5 Å². The fraction of sp³-hybridized carbons (Fsp3) is 0.250. The van der Waals surface area contributed by atoms with E-state index in [0.717, 1.165) is 5.69 Å². The Balaban J connectivity index is 1.67. The number of hydrogen-bond acceptors (Lipinski definition) is 4. The second-order valence-corrected chi connectivity index (χ2v) is 5.27. The Morgan fingerprint density at radius 3 is 2.83 bits per heavy atom. The van der Waals surface area contributed by atoms with E-state index >= 15 is 0 Å². The van der Waals surface area contributed by atoms with Gasteiger partial charge in [0.05, 0.1) is 6.20 Å². The van der Waals surface area contributed by atoms with Crippen molar-refractivity contribution in [1.82, 2.24) is 4.98 Å². The highest BCUT2D eigenvalue weighted by Crippen LogP contribution is 2.28. The number of benzene rings is 1. The van der Waals surface area contributed by atoms with Crippen LogP contribution in [0.15, 0.2) is 53.9 Å². The van der Waals surface area contributed by atoms with Crippen LogP contribution in [0.2, 0.25) is 0 Å². The molecule has 1 aliphatic heterocycles. The van der Waals surface area contributed by atoms with Gasteiger partial charge < -0.3 is 9.64 Å². The van der Waals surface area contributed by atoms with Crippen molar-refractivity contribution in [2.45, 2.75) is 6.42 Å². The Bertz CT molecular complexity index is 726. The number of rotatable bonds is 5. The summed E-state index contributed by atoms with van der Waals surface area (Å²) in [6.45, 7) is 0.918. The van der Waals surface area contributed by atoms with Crippen LogP contribution in [0.5, 0.6) is 11.5 Å².